The van der Waals surface area contributed by atoms with Crippen molar-refractivity contribution in [1.82, 2.24) is 9.55 Å². The molecular formula is C50H46N2O. The van der Waals surface area contributed by atoms with Gasteiger partial charge in [0.15, 0.2) is 0 Å². The molecule has 0 unspecified atom stereocenters. The Morgan fingerprint density at radius 3 is 2.04 bits per heavy atom. The van der Waals surface area contributed by atoms with Crippen molar-refractivity contribution >= 4 is 54.5 Å². The zero-order valence-electron chi connectivity index (χ0n) is 32.0. The summed E-state index contributed by atoms with van der Waals surface area (Å²) in [5.41, 5.74) is 14.0. The third-order valence-corrected chi connectivity index (χ3v) is 11.2. The van der Waals surface area contributed by atoms with Crippen LogP contribution in [0.5, 0.6) is 0 Å². The third-order valence-electron chi connectivity index (χ3n) is 11.2. The molecule has 0 saturated carbocycles. The molecule has 0 aliphatic rings. The van der Waals surface area contributed by atoms with E-state index in [1.165, 1.54) is 60.6 Å². The second-order valence-electron chi connectivity index (χ2n) is 16.5. The number of benzene rings is 7. The Kier molecular flexibility index (Phi) is 7.64. The summed E-state index contributed by atoms with van der Waals surface area (Å²) in [5.74, 6) is 1.44. The van der Waals surface area contributed by atoms with Gasteiger partial charge >= 0.3 is 0 Å². The normalized spacial score (nSPS) is 12.5. The number of aromatic nitrogens is 2. The van der Waals surface area contributed by atoms with E-state index in [9.17, 15) is 0 Å². The third kappa shape index (κ3) is 5.36. The monoisotopic (exact) mass is 690 g/mol. The van der Waals surface area contributed by atoms with Gasteiger partial charge in [0.05, 0.1) is 22.3 Å². The molecule has 0 radical (unpaired) electrons. The first-order valence-electron chi connectivity index (χ1n) is 19.0. The average Bonchev–Trinajstić information content (AvgIpc) is 3.71. The lowest BCUT2D eigenvalue weighted by Gasteiger charge is -2.25. The van der Waals surface area contributed by atoms with Gasteiger partial charge < -0.3 is 4.42 Å². The van der Waals surface area contributed by atoms with Crippen LogP contribution in [0.2, 0.25) is 0 Å². The molecule has 3 nitrogen and oxygen atoms in total. The number of imidazole rings is 1. The molecule has 3 heteroatoms. The minimum atomic E-state index is 0.1000. The van der Waals surface area contributed by atoms with Crippen molar-refractivity contribution < 1.29 is 4.42 Å². The van der Waals surface area contributed by atoms with E-state index in [4.69, 9.17) is 9.40 Å². The Bertz CT molecular complexity index is 2860. The van der Waals surface area contributed by atoms with Crippen LogP contribution in [0.25, 0.3) is 82.7 Å². The second kappa shape index (κ2) is 12.2. The summed E-state index contributed by atoms with van der Waals surface area (Å²) in [6, 6.07) is 44.5. The lowest BCUT2D eigenvalue weighted by Crippen LogP contribution is -2.11. The predicted molar refractivity (Wildman–Crippen MR) is 226 cm³/mol. The molecule has 0 fully saturated rings. The summed E-state index contributed by atoms with van der Waals surface area (Å²) in [6.45, 7) is 18.4. The Labute approximate surface area is 311 Å². The van der Waals surface area contributed by atoms with Crippen LogP contribution in [0.4, 0.5) is 0 Å². The number of fused-ring (bicyclic) bond motifs is 7. The van der Waals surface area contributed by atoms with E-state index in [-0.39, 0.29) is 17.3 Å². The fraction of sp³-hybridized carbons (Fsp3) is 0.220. The predicted octanol–water partition coefficient (Wildman–Crippen LogP) is 14.4. The SMILES string of the molecule is Cc1cc(C(C)(C)C)ccc1-c1cc(C(C)C)c(-n2c(-c3cccc4c3oc3cc5c(ccc6ccccc65)cc34)nc3ccccc32)c(C(C)C)c1. The van der Waals surface area contributed by atoms with Crippen molar-refractivity contribution in [2.24, 2.45) is 0 Å². The Morgan fingerprint density at radius 2 is 1.30 bits per heavy atom. The van der Waals surface area contributed by atoms with Crippen LogP contribution < -0.4 is 0 Å². The van der Waals surface area contributed by atoms with Crippen LogP contribution in [0, 0.1) is 6.92 Å². The maximum Gasteiger partial charge on any atom is 0.149 e. The first-order chi connectivity index (χ1) is 25.5. The van der Waals surface area contributed by atoms with Gasteiger partial charge in [-0.1, -0.05) is 127 Å². The molecule has 0 atom stereocenters. The van der Waals surface area contributed by atoms with Crippen molar-refractivity contribution in [3.05, 3.63) is 144 Å². The average molecular weight is 691 g/mol. The van der Waals surface area contributed by atoms with Gasteiger partial charge in [-0.05, 0) is 122 Å². The molecule has 0 aliphatic carbocycles. The van der Waals surface area contributed by atoms with Crippen molar-refractivity contribution in [2.45, 2.75) is 72.6 Å². The van der Waals surface area contributed by atoms with Gasteiger partial charge in [-0.25, -0.2) is 4.98 Å². The fourth-order valence-corrected chi connectivity index (χ4v) is 8.34. The van der Waals surface area contributed by atoms with Gasteiger partial charge in [-0.2, -0.15) is 0 Å². The molecule has 0 bridgehead atoms. The lowest BCUT2D eigenvalue weighted by atomic mass is 9.83. The zero-order chi connectivity index (χ0) is 36.8. The molecule has 2 heterocycles. The van der Waals surface area contributed by atoms with Gasteiger partial charge in [-0.15, -0.1) is 0 Å². The summed E-state index contributed by atoms with van der Waals surface area (Å²) < 4.78 is 9.33. The first-order valence-corrected chi connectivity index (χ1v) is 19.0. The highest BCUT2D eigenvalue weighted by atomic mass is 16.3. The van der Waals surface area contributed by atoms with Gasteiger partial charge in [-0.3, -0.25) is 4.57 Å². The fourth-order valence-electron chi connectivity index (χ4n) is 8.34. The largest absolute Gasteiger partial charge is 0.455 e. The number of nitrogens with zero attached hydrogens (tertiary/aromatic N) is 2. The highest BCUT2D eigenvalue weighted by molar-refractivity contribution is 6.17. The number of para-hydroxylation sites is 3. The molecule has 0 saturated heterocycles. The number of rotatable bonds is 5. The standard InChI is InChI=1S/C50H46N2O/c1-29(2)40-26-34(36-23-22-35(24-31(36)5)50(6,7)8)27-41(30(3)4)47(40)52-45-19-12-11-18-44(45)51-49(52)39-17-13-16-38-43-25-33-21-20-32-14-9-10-15-37(32)42(33)28-46(43)53-48(38)39/h9-30H,1-8H3. The van der Waals surface area contributed by atoms with Crippen LogP contribution in [0.15, 0.2) is 126 Å². The summed E-state index contributed by atoms with van der Waals surface area (Å²) >= 11 is 0. The van der Waals surface area contributed by atoms with Crippen LogP contribution in [-0.2, 0) is 5.41 Å². The summed E-state index contributed by atoms with van der Waals surface area (Å²) in [6.07, 6.45) is 0. The van der Waals surface area contributed by atoms with E-state index in [1.54, 1.807) is 0 Å². The Morgan fingerprint density at radius 1 is 0.604 bits per heavy atom. The molecule has 0 amide bonds. The van der Waals surface area contributed by atoms with Crippen molar-refractivity contribution in [3.63, 3.8) is 0 Å². The molecule has 53 heavy (non-hydrogen) atoms. The van der Waals surface area contributed by atoms with Crippen LogP contribution in [0.1, 0.15) is 82.6 Å². The maximum atomic E-state index is 6.91. The minimum absolute atomic E-state index is 0.1000. The minimum Gasteiger partial charge on any atom is -0.455 e. The Hall–Kier alpha value is -5.67. The van der Waals surface area contributed by atoms with Crippen molar-refractivity contribution in [3.8, 4) is 28.2 Å². The smallest absolute Gasteiger partial charge is 0.149 e. The van der Waals surface area contributed by atoms with Gasteiger partial charge in [0.2, 0.25) is 0 Å². The van der Waals surface area contributed by atoms with E-state index in [1.807, 2.05) is 0 Å². The number of furan rings is 1. The molecule has 9 rings (SSSR count). The van der Waals surface area contributed by atoms with Crippen LogP contribution >= 0.6 is 0 Å². The van der Waals surface area contributed by atoms with E-state index in [2.05, 4.69) is 181 Å². The van der Waals surface area contributed by atoms with Gasteiger partial charge in [0.1, 0.15) is 17.0 Å². The van der Waals surface area contributed by atoms with Gasteiger partial charge in [0.25, 0.3) is 0 Å². The highest BCUT2D eigenvalue weighted by Crippen LogP contribution is 2.44. The zero-order valence-corrected chi connectivity index (χ0v) is 32.0. The van der Waals surface area contributed by atoms with Crippen LogP contribution in [0.3, 0.4) is 0 Å². The number of aryl methyl sites for hydroxylation is 1. The summed E-state index contributed by atoms with van der Waals surface area (Å²) in [7, 11) is 0. The van der Waals surface area contributed by atoms with Gasteiger partial charge in [0, 0.05) is 10.8 Å². The van der Waals surface area contributed by atoms with E-state index >= 15 is 0 Å². The van der Waals surface area contributed by atoms with Crippen molar-refractivity contribution in [2.75, 3.05) is 0 Å². The number of hydrogen-bond acceptors (Lipinski definition) is 2. The highest BCUT2D eigenvalue weighted by Gasteiger charge is 2.26. The van der Waals surface area contributed by atoms with E-state index in [0.29, 0.717) is 0 Å². The summed E-state index contributed by atoms with van der Waals surface area (Å²) in [5, 5.41) is 7.10. The van der Waals surface area contributed by atoms with E-state index < -0.39 is 0 Å². The molecule has 0 aliphatic heterocycles. The lowest BCUT2D eigenvalue weighted by molar-refractivity contribution is 0.590. The molecular weight excluding hydrogens is 645 g/mol. The molecule has 7 aromatic carbocycles. The molecule has 9 aromatic rings. The maximum absolute atomic E-state index is 6.91. The number of hydrogen-bond donors (Lipinski definition) is 0. The van der Waals surface area contributed by atoms with Crippen LogP contribution in [-0.4, -0.2) is 9.55 Å². The van der Waals surface area contributed by atoms with Crippen molar-refractivity contribution in [1.29, 1.82) is 0 Å². The Balaban J connectivity index is 1.31. The molecule has 0 spiro atoms. The summed E-state index contributed by atoms with van der Waals surface area (Å²) in [4.78, 5) is 5.41. The first kappa shape index (κ1) is 33.2. The quantitative estimate of drug-likeness (QED) is 0.168. The van der Waals surface area contributed by atoms with E-state index in [0.717, 1.165) is 44.4 Å². The molecule has 0 N–H and O–H groups in total. The molecule has 262 valence electrons. The topological polar surface area (TPSA) is 31.0 Å². The molecule has 2 aromatic heterocycles. The second-order valence-corrected chi connectivity index (χ2v) is 16.5.